The van der Waals surface area contributed by atoms with E-state index in [1.165, 1.54) is 0 Å². The van der Waals surface area contributed by atoms with Crippen molar-refractivity contribution < 1.29 is 9.59 Å². The van der Waals surface area contributed by atoms with Crippen LogP contribution in [0.2, 0.25) is 0 Å². The first kappa shape index (κ1) is 22.2. The third-order valence-corrected chi connectivity index (χ3v) is 6.07. The van der Waals surface area contributed by atoms with Crippen LogP contribution in [-0.4, -0.2) is 16.4 Å². The molecule has 1 aromatic heterocycles. The topological polar surface area (TPSA) is 63.1 Å². The van der Waals surface area contributed by atoms with E-state index in [2.05, 4.69) is 33.4 Å². The second-order valence-electron chi connectivity index (χ2n) is 8.40. The average Bonchev–Trinajstić information content (AvgIpc) is 3.19. The van der Waals surface area contributed by atoms with E-state index in [9.17, 15) is 9.59 Å². The van der Waals surface area contributed by atoms with E-state index in [-0.39, 0.29) is 17.5 Å². The number of rotatable bonds is 6. The molecule has 172 valence electrons. The summed E-state index contributed by atoms with van der Waals surface area (Å²) in [6.45, 7) is 0.362. The van der Waals surface area contributed by atoms with Crippen molar-refractivity contribution in [2.24, 2.45) is 7.05 Å². The zero-order valence-corrected chi connectivity index (χ0v) is 19.4. The van der Waals surface area contributed by atoms with Crippen LogP contribution < -0.4 is 10.6 Å². The van der Waals surface area contributed by atoms with E-state index in [1.54, 1.807) is 30.3 Å². The van der Waals surface area contributed by atoms with E-state index >= 15 is 0 Å². The number of nitrogens with one attached hydrogen (secondary N) is 2. The molecule has 1 heterocycles. The molecule has 0 bridgehead atoms. The van der Waals surface area contributed by atoms with Gasteiger partial charge in [0.15, 0.2) is 0 Å². The van der Waals surface area contributed by atoms with Gasteiger partial charge in [-0.25, -0.2) is 0 Å². The molecule has 2 N–H and O–H groups in total. The number of fused-ring (bicyclic) bond motifs is 3. The number of carbonyl (C=O) groups is 2. The predicted molar refractivity (Wildman–Crippen MR) is 141 cm³/mol. The summed E-state index contributed by atoms with van der Waals surface area (Å²) in [5, 5.41) is 7.97. The minimum absolute atomic E-state index is 0.189. The molecule has 0 atom stereocenters. The molecule has 0 saturated carbocycles. The average molecular weight is 460 g/mol. The maximum absolute atomic E-state index is 13.2. The lowest BCUT2D eigenvalue weighted by Crippen LogP contribution is -2.34. The standard InChI is InChI=1S/C30H25N3O2/c1-33-27-15-9-8-14-24(27)25-18-22(16-17-28(25)33)19-26(32-29(34)23-12-6-3-7-13-23)30(35)31-20-21-10-4-2-5-11-21/h2-19H,20H2,1H3,(H,31,35)(H,32,34)/b26-19-. The summed E-state index contributed by atoms with van der Waals surface area (Å²) in [7, 11) is 2.04. The minimum Gasteiger partial charge on any atom is -0.347 e. The first-order chi connectivity index (χ1) is 17.1. The molecule has 5 nitrogen and oxygen atoms in total. The van der Waals surface area contributed by atoms with Crippen LogP contribution in [-0.2, 0) is 18.4 Å². The minimum atomic E-state index is -0.351. The predicted octanol–water partition coefficient (Wildman–Crippen LogP) is 5.42. The molecule has 5 heteroatoms. The molecule has 0 aliphatic heterocycles. The van der Waals surface area contributed by atoms with Gasteiger partial charge in [-0.1, -0.05) is 72.8 Å². The molecule has 5 aromatic rings. The van der Waals surface area contributed by atoms with Crippen molar-refractivity contribution in [3.8, 4) is 0 Å². The van der Waals surface area contributed by atoms with Gasteiger partial charge in [-0.3, -0.25) is 9.59 Å². The maximum Gasteiger partial charge on any atom is 0.268 e. The van der Waals surface area contributed by atoms with Crippen molar-refractivity contribution >= 4 is 39.7 Å². The van der Waals surface area contributed by atoms with Crippen molar-refractivity contribution in [2.45, 2.75) is 6.54 Å². The van der Waals surface area contributed by atoms with Gasteiger partial charge in [0.2, 0.25) is 0 Å². The highest BCUT2D eigenvalue weighted by atomic mass is 16.2. The van der Waals surface area contributed by atoms with E-state index in [0.29, 0.717) is 12.1 Å². The van der Waals surface area contributed by atoms with Gasteiger partial charge in [-0.05, 0) is 47.5 Å². The highest BCUT2D eigenvalue weighted by molar-refractivity contribution is 6.09. The van der Waals surface area contributed by atoms with Gasteiger partial charge in [0, 0.05) is 41.0 Å². The fraction of sp³-hybridized carbons (Fsp3) is 0.0667. The van der Waals surface area contributed by atoms with Crippen LogP contribution >= 0.6 is 0 Å². The monoisotopic (exact) mass is 459 g/mol. The van der Waals surface area contributed by atoms with Crippen molar-refractivity contribution in [3.63, 3.8) is 0 Å². The van der Waals surface area contributed by atoms with Gasteiger partial charge < -0.3 is 15.2 Å². The number of aromatic nitrogens is 1. The number of benzene rings is 4. The van der Waals surface area contributed by atoms with Crippen molar-refractivity contribution in [3.05, 3.63) is 126 Å². The Morgan fingerprint density at radius 1 is 0.771 bits per heavy atom. The third-order valence-electron chi connectivity index (χ3n) is 6.07. The molecule has 0 aliphatic rings. The zero-order chi connectivity index (χ0) is 24.2. The normalized spacial score (nSPS) is 11.5. The summed E-state index contributed by atoms with van der Waals surface area (Å²) < 4.78 is 2.16. The Hall–Kier alpha value is -4.64. The summed E-state index contributed by atoms with van der Waals surface area (Å²) in [5.74, 6) is -0.686. The van der Waals surface area contributed by atoms with E-state index in [4.69, 9.17) is 0 Å². The number of amides is 2. The fourth-order valence-electron chi connectivity index (χ4n) is 4.26. The quantitative estimate of drug-likeness (QED) is 0.333. The first-order valence-electron chi connectivity index (χ1n) is 11.5. The van der Waals surface area contributed by atoms with E-state index in [0.717, 1.165) is 32.9 Å². The Balaban J connectivity index is 1.50. The molecule has 2 amide bonds. The number of nitrogens with zero attached hydrogens (tertiary/aromatic N) is 1. The summed E-state index contributed by atoms with van der Waals surface area (Å²) in [5.41, 5.74) is 4.72. The number of carbonyl (C=O) groups excluding carboxylic acids is 2. The van der Waals surface area contributed by atoms with Crippen LogP contribution in [0.4, 0.5) is 0 Å². The summed E-state index contributed by atoms with van der Waals surface area (Å²) in [6.07, 6.45) is 1.72. The molecule has 0 fully saturated rings. The lowest BCUT2D eigenvalue weighted by Gasteiger charge is -2.12. The maximum atomic E-state index is 13.2. The van der Waals surface area contributed by atoms with Gasteiger partial charge in [0.25, 0.3) is 11.8 Å². The van der Waals surface area contributed by atoms with Crippen LogP contribution in [0.25, 0.3) is 27.9 Å². The SMILES string of the molecule is Cn1c2ccccc2c2cc(/C=C(\NC(=O)c3ccccc3)C(=O)NCc3ccccc3)ccc21. The summed E-state index contributed by atoms with van der Waals surface area (Å²) >= 11 is 0. The number of para-hydroxylation sites is 1. The van der Waals surface area contributed by atoms with Gasteiger partial charge in [-0.15, -0.1) is 0 Å². The Kier molecular flexibility index (Phi) is 6.14. The molecule has 0 aliphatic carbocycles. The first-order valence-corrected chi connectivity index (χ1v) is 11.5. The number of hydrogen-bond donors (Lipinski definition) is 2. The molecule has 0 saturated heterocycles. The zero-order valence-electron chi connectivity index (χ0n) is 19.4. The van der Waals surface area contributed by atoms with E-state index < -0.39 is 0 Å². The molecule has 4 aromatic carbocycles. The highest BCUT2D eigenvalue weighted by Gasteiger charge is 2.15. The van der Waals surface area contributed by atoms with Crippen LogP contribution in [0.1, 0.15) is 21.5 Å². The van der Waals surface area contributed by atoms with Gasteiger partial charge >= 0.3 is 0 Å². The second-order valence-corrected chi connectivity index (χ2v) is 8.40. The Labute approximate surface area is 203 Å². The largest absolute Gasteiger partial charge is 0.347 e. The van der Waals surface area contributed by atoms with E-state index in [1.807, 2.05) is 67.7 Å². The Morgan fingerprint density at radius 3 is 2.20 bits per heavy atom. The number of hydrogen-bond acceptors (Lipinski definition) is 2. The summed E-state index contributed by atoms with van der Waals surface area (Å²) in [4.78, 5) is 26.0. The van der Waals surface area contributed by atoms with Crippen LogP contribution in [0.3, 0.4) is 0 Å². The van der Waals surface area contributed by atoms with Crippen LogP contribution in [0, 0.1) is 0 Å². The van der Waals surface area contributed by atoms with Crippen molar-refractivity contribution in [2.75, 3.05) is 0 Å². The molecular formula is C30H25N3O2. The number of aryl methyl sites for hydroxylation is 1. The lowest BCUT2D eigenvalue weighted by molar-refractivity contribution is -0.117. The molecule has 0 unspecified atom stereocenters. The van der Waals surface area contributed by atoms with Crippen molar-refractivity contribution in [1.29, 1.82) is 0 Å². The van der Waals surface area contributed by atoms with Crippen LogP contribution in [0.15, 0.2) is 109 Å². The molecule has 5 rings (SSSR count). The Bertz CT molecular complexity index is 1550. The lowest BCUT2D eigenvalue weighted by atomic mass is 10.1. The molecular weight excluding hydrogens is 434 g/mol. The molecule has 0 radical (unpaired) electrons. The van der Waals surface area contributed by atoms with Gasteiger partial charge in [0.1, 0.15) is 5.70 Å². The van der Waals surface area contributed by atoms with Gasteiger partial charge in [-0.2, -0.15) is 0 Å². The summed E-state index contributed by atoms with van der Waals surface area (Å²) in [6, 6.07) is 32.8. The Morgan fingerprint density at radius 2 is 1.43 bits per heavy atom. The fourth-order valence-corrected chi connectivity index (χ4v) is 4.26. The smallest absolute Gasteiger partial charge is 0.268 e. The third kappa shape index (κ3) is 4.70. The molecule has 0 spiro atoms. The van der Waals surface area contributed by atoms with Crippen LogP contribution in [0.5, 0.6) is 0 Å². The molecule has 35 heavy (non-hydrogen) atoms. The van der Waals surface area contributed by atoms with Crippen molar-refractivity contribution in [1.82, 2.24) is 15.2 Å². The van der Waals surface area contributed by atoms with Gasteiger partial charge in [0.05, 0.1) is 0 Å². The highest BCUT2D eigenvalue weighted by Crippen LogP contribution is 2.29. The second kappa shape index (κ2) is 9.69.